The Morgan fingerprint density at radius 2 is 1.76 bits per heavy atom. The Morgan fingerprint density at radius 1 is 1.12 bits per heavy atom. The van der Waals surface area contributed by atoms with Crippen LogP contribution in [-0.2, 0) is 17.9 Å². The summed E-state index contributed by atoms with van der Waals surface area (Å²) in [6.45, 7) is 8.48. The van der Waals surface area contributed by atoms with Gasteiger partial charge in [0.2, 0.25) is 5.91 Å². The standard InChI is InChI=1S/C21H35N3O/c1-3-21(4-2,17-22)20(25)23-15-18-10-9-11-19(14-18)16-24-12-7-5-6-8-13-24/h9-11,14H,3-8,12-13,15-17,22H2,1-2H3,(H,23,25). The van der Waals surface area contributed by atoms with E-state index >= 15 is 0 Å². The summed E-state index contributed by atoms with van der Waals surface area (Å²) in [6.07, 6.45) is 6.90. The molecule has 0 aromatic heterocycles. The molecule has 0 bridgehead atoms. The van der Waals surface area contributed by atoms with Crippen LogP contribution in [0, 0.1) is 5.41 Å². The topological polar surface area (TPSA) is 58.4 Å². The number of carbonyl (C=O) groups excluding carboxylic acids is 1. The van der Waals surface area contributed by atoms with E-state index < -0.39 is 5.41 Å². The monoisotopic (exact) mass is 345 g/mol. The van der Waals surface area contributed by atoms with E-state index in [4.69, 9.17) is 5.73 Å². The number of nitrogens with two attached hydrogens (primary N) is 1. The number of nitrogens with zero attached hydrogens (tertiary/aromatic N) is 1. The first-order valence-corrected chi connectivity index (χ1v) is 9.92. The van der Waals surface area contributed by atoms with Crippen molar-refractivity contribution >= 4 is 5.91 Å². The molecule has 4 heteroatoms. The van der Waals surface area contributed by atoms with Crippen molar-refractivity contribution in [2.24, 2.45) is 11.1 Å². The molecule has 1 aromatic rings. The molecular weight excluding hydrogens is 310 g/mol. The van der Waals surface area contributed by atoms with Gasteiger partial charge < -0.3 is 11.1 Å². The first-order chi connectivity index (χ1) is 12.1. The fourth-order valence-electron chi connectivity index (χ4n) is 3.71. The van der Waals surface area contributed by atoms with Gasteiger partial charge in [0.1, 0.15) is 0 Å². The molecule has 1 aromatic carbocycles. The van der Waals surface area contributed by atoms with E-state index in [-0.39, 0.29) is 5.91 Å². The van der Waals surface area contributed by atoms with Crippen molar-refractivity contribution in [1.82, 2.24) is 10.2 Å². The van der Waals surface area contributed by atoms with Gasteiger partial charge in [-0.05, 0) is 49.9 Å². The Balaban J connectivity index is 1.93. The Hall–Kier alpha value is -1.39. The molecule has 0 spiro atoms. The van der Waals surface area contributed by atoms with E-state index in [1.165, 1.54) is 49.9 Å². The third-order valence-corrected chi connectivity index (χ3v) is 5.78. The van der Waals surface area contributed by atoms with Crippen LogP contribution in [0.2, 0.25) is 0 Å². The van der Waals surface area contributed by atoms with Crippen LogP contribution in [0.5, 0.6) is 0 Å². The number of nitrogens with one attached hydrogen (secondary N) is 1. The summed E-state index contributed by atoms with van der Waals surface area (Å²) in [5, 5.41) is 3.10. The Labute approximate surface area is 153 Å². The highest BCUT2D eigenvalue weighted by atomic mass is 16.2. The Morgan fingerprint density at radius 3 is 2.36 bits per heavy atom. The number of benzene rings is 1. The molecule has 3 N–H and O–H groups in total. The third kappa shape index (κ3) is 5.55. The fraction of sp³-hybridized carbons (Fsp3) is 0.667. The molecule has 0 aliphatic carbocycles. The van der Waals surface area contributed by atoms with Gasteiger partial charge in [0.15, 0.2) is 0 Å². The smallest absolute Gasteiger partial charge is 0.227 e. The molecule has 4 nitrogen and oxygen atoms in total. The molecule has 2 rings (SSSR count). The second-order valence-electron chi connectivity index (χ2n) is 7.38. The maximum Gasteiger partial charge on any atom is 0.227 e. The average Bonchev–Trinajstić information content (AvgIpc) is 2.91. The molecule has 0 atom stereocenters. The van der Waals surface area contributed by atoms with E-state index in [9.17, 15) is 4.79 Å². The van der Waals surface area contributed by atoms with Crippen molar-refractivity contribution < 1.29 is 4.79 Å². The largest absolute Gasteiger partial charge is 0.352 e. The van der Waals surface area contributed by atoms with Crippen molar-refractivity contribution in [3.05, 3.63) is 35.4 Å². The highest BCUT2D eigenvalue weighted by molar-refractivity contribution is 5.82. The molecule has 0 unspecified atom stereocenters. The molecule has 1 amide bonds. The fourth-order valence-corrected chi connectivity index (χ4v) is 3.71. The minimum absolute atomic E-state index is 0.0814. The molecule has 1 saturated heterocycles. The summed E-state index contributed by atoms with van der Waals surface area (Å²) >= 11 is 0. The summed E-state index contributed by atoms with van der Waals surface area (Å²) < 4.78 is 0. The minimum atomic E-state index is -0.427. The lowest BCUT2D eigenvalue weighted by Gasteiger charge is -2.28. The Kier molecular flexibility index (Phi) is 7.91. The number of carbonyl (C=O) groups is 1. The van der Waals surface area contributed by atoms with Crippen molar-refractivity contribution in [3.63, 3.8) is 0 Å². The summed E-state index contributed by atoms with van der Waals surface area (Å²) in [5.41, 5.74) is 7.95. The summed E-state index contributed by atoms with van der Waals surface area (Å²) in [6, 6.07) is 8.62. The summed E-state index contributed by atoms with van der Waals surface area (Å²) in [4.78, 5) is 15.1. The van der Waals surface area contributed by atoms with Crippen LogP contribution in [0.3, 0.4) is 0 Å². The van der Waals surface area contributed by atoms with Crippen LogP contribution in [0.25, 0.3) is 0 Å². The van der Waals surface area contributed by atoms with Crippen molar-refractivity contribution in [3.8, 4) is 0 Å². The second kappa shape index (κ2) is 9.93. The molecule has 25 heavy (non-hydrogen) atoms. The number of hydrogen-bond donors (Lipinski definition) is 2. The van der Waals surface area contributed by atoms with E-state index in [1.54, 1.807) is 0 Å². The van der Waals surface area contributed by atoms with E-state index in [0.29, 0.717) is 13.1 Å². The lowest BCUT2D eigenvalue weighted by molar-refractivity contribution is -0.131. The summed E-state index contributed by atoms with van der Waals surface area (Å²) in [7, 11) is 0. The minimum Gasteiger partial charge on any atom is -0.352 e. The highest BCUT2D eigenvalue weighted by Crippen LogP contribution is 2.25. The first-order valence-electron chi connectivity index (χ1n) is 9.92. The maximum atomic E-state index is 12.6. The number of rotatable bonds is 8. The summed E-state index contributed by atoms with van der Waals surface area (Å²) in [5.74, 6) is 0.0814. The van der Waals surface area contributed by atoms with Crippen LogP contribution in [0.4, 0.5) is 0 Å². The van der Waals surface area contributed by atoms with Crippen molar-refractivity contribution in [2.45, 2.75) is 65.5 Å². The van der Waals surface area contributed by atoms with Crippen LogP contribution in [0.15, 0.2) is 24.3 Å². The van der Waals surface area contributed by atoms with Gasteiger partial charge in [-0.3, -0.25) is 9.69 Å². The molecule has 1 aliphatic heterocycles. The predicted octanol–water partition coefficient (Wildman–Crippen LogP) is 3.44. The number of likely N-dealkylation sites (tertiary alicyclic amines) is 1. The van der Waals surface area contributed by atoms with Crippen molar-refractivity contribution in [1.29, 1.82) is 0 Å². The van der Waals surface area contributed by atoms with Crippen molar-refractivity contribution in [2.75, 3.05) is 19.6 Å². The van der Waals surface area contributed by atoms with Gasteiger partial charge in [-0.15, -0.1) is 0 Å². The zero-order valence-electron chi connectivity index (χ0n) is 16.0. The van der Waals surface area contributed by atoms with E-state index in [0.717, 1.165) is 19.4 Å². The maximum absolute atomic E-state index is 12.6. The van der Waals surface area contributed by atoms with Gasteiger partial charge in [0, 0.05) is 19.6 Å². The molecule has 0 radical (unpaired) electrons. The van der Waals surface area contributed by atoms with Gasteiger partial charge in [-0.25, -0.2) is 0 Å². The van der Waals surface area contributed by atoms with Gasteiger partial charge in [-0.2, -0.15) is 0 Å². The van der Waals surface area contributed by atoms with E-state index in [1.807, 2.05) is 13.8 Å². The quantitative estimate of drug-likeness (QED) is 0.759. The first kappa shape index (κ1) is 19.9. The number of hydrogen-bond acceptors (Lipinski definition) is 3. The number of amides is 1. The van der Waals surface area contributed by atoms with Gasteiger partial charge in [0.05, 0.1) is 5.41 Å². The lowest BCUT2D eigenvalue weighted by atomic mass is 9.81. The zero-order valence-corrected chi connectivity index (χ0v) is 16.0. The predicted molar refractivity (Wildman–Crippen MR) is 104 cm³/mol. The SMILES string of the molecule is CCC(CC)(CN)C(=O)NCc1cccc(CN2CCCCCC2)c1. The van der Waals surface area contributed by atoms with Gasteiger partial charge in [-0.1, -0.05) is 51.0 Å². The zero-order chi connectivity index (χ0) is 18.1. The second-order valence-corrected chi connectivity index (χ2v) is 7.38. The van der Waals surface area contributed by atoms with Crippen LogP contribution >= 0.6 is 0 Å². The lowest BCUT2D eigenvalue weighted by Crippen LogP contribution is -2.45. The van der Waals surface area contributed by atoms with Crippen LogP contribution in [-0.4, -0.2) is 30.4 Å². The molecular formula is C21H35N3O. The molecule has 140 valence electrons. The van der Waals surface area contributed by atoms with Crippen LogP contribution < -0.4 is 11.1 Å². The normalized spacial score (nSPS) is 16.4. The van der Waals surface area contributed by atoms with Gasteiger partial charge in [0.25, 0.3) is 0 Å². The Bertz CT molecular complexity index is 523. The highest BCUT2D eigenvalue weighted by Gasteiger charge is 2.32. The molecule has 1 aliphatic rings. The molecule has 1 fully saturated rings. The molecule has 1 heterocycles. The third-order valence-electron chi connectivity index (χ3n) is 5.78. The van der Waals surface area contributed by atoms with Gasteiger partial charge >= 0.3 is 0 Å². The van der Waals surface area contributed by atoms with Crippen LogP contribution in [0.1, 0.15) is 63.5 Å². The van der Waals surface area contributed by atoms with E-state index in [2.05, 4.69) is 34.5 Å². The average molecular weight is 346 g/mol. The molecule has 0 saturated carbocycles.